The first kappa shape index (κ1) is 12.7. The van der Waals surface area contributed by atoms with Crippen LogP contribution in [0.3, 0.4) is 0 Å². The van der Waals surface area contributed by atoms with Gasteiger partial charge in [0.2, 0.25) is 11.8 Å². The molecular formula is C16H19NO3S. The van der Waals surface area contributed by atoms with E-state index in [1.807, 2.05) is 0 Å². The molecule has 2 saturated carbocycles. The van der Waals surface area contributed by atoms with E-state index < -0.39 is 0 Å². The van der Waals surface area contributed by atoms with Crippen LogP contribution in [0.1, 0.15) is 32.1 Å². The van der Waals surface area contributed by atoms with Gasteiger partial charge in [-0.25, -0.2) is 0 Å². The molecule has 4 bridgehead atoms. The largest absolute Gasteiger partial charge is 0.354 e. The maximum absolute atomic E-state index is 12.6. The molecule has 0 aromatic heterocycles. The first-order valence-electron chi connectivity index (χ1n) is 8.00. The van der Waals surface area contributed by atoms with Crippen molar-refractivity contribution in [3.63, 3.8) is 0 Å². The van der Waals surface area contributed by atoms with Crippen molar-refractivity contribution in [2.75, 3.05) is 6.73 Å². The van der Waals surface area contributed by atoms with Crippen molar-refractivity contribution in [3.8, 4) is 0 Å². The third kappa shape index (κ3) is 1.62. The molecule has 0 radical (unpaired) electrons. The van der Waals surface area contributed by atoms with E-state index in [0.717, 1.165) is 25.2 Å². The molecule has 0 aromatic carbocycles. The van der Waals surface area contributed by atoms with Gasteiger partial charge in [0.25, 0.3) is 0 Å². The van der Waals surface area contributed by atoms with Crippen LogP contribution in [-0.4, -0.2) is 39.5 Å². The van der Waals surface area contributed by atoms with E-state index in [1.165, 1.54) is 17.7 Å². The molecule has 5 heteroatoms. The second-order valence-corrected chi connectivity index (χ2v) is 8.57. The number of rotatable bonds is 3. The van der Waals surface area contributed by atoms with E-state index in [1.54, 1.807) is 11.8 Å². The molecule has 4 nitrogen and oxygen atoms in total. The molecule has 3 aliphatic heterocycles. The number of hydrogen-bond acceptors (Lipinski definition) is 4. The Labute approximate surface area is 128 Å². The maximum Gasteiger partial charge on any atom is 0.236 e. The first-order valence-corrected chi connectivity index (χ1v) is 8.94. The summed E-state index contributed by atoms with van der Waals surface area (Å²) in [5.74, 6) is 0.555. The molecule has 5 rings (SSSR count). The number of hydrogen-bond donors (Lipinski definition) is 0. The number of likely N-dealkylation sites (tertiary alicyclic amines) is 1. The highest BCUT2D eigenvalue weighted by Crippen LogP contribution is 2.54. The van der Waals surface area contributed by atoms with Gasteiger partial charge in [-0.1, -0.05) is 12.2 Å². The van der Waals surface area contributed by atoms with Crippen molar-refractivity contribution in [2.45, 2.75) is 48.2 Å². The molecule has 2 aliphatic carbocycles. The minimum absolute atomic E-state index is 0.00158. The predicted molar refractivity (Wildman–Crippen MR) is 78.4 cm³/mol. The molecule has 0 N–H and O–H groups in total. The molecule has 4 unspecified atom stereocenters. The number of fused-ring (bicyclic) bond motifs is 7. The topological polar surface area (TPSA) is 46.6 Å². The van der Waals surface area contributed by atoms with Crippen LogP contribution < -0.4 is 0 Å². The summed E-state index contributed by atoms with van der Waals surface area (Å²) in [6.07, 6.45) is 10.0. The Morgan fingerprint density at radius 1 is 1.14 bits per heavy atom. The molecule has 4 fully saturated rings. The van der Waals surface area contributed by atoms with E-state index in [0.29, 0.717) is 0 Å². The van der Waals surface area contributed by atoms with Gasteiger partial charge in [-0.2, -0.15) is 0 Å². The van der Waals surface area contributed by atoms with Gasteiger partial charge < -0.3 is 4.74 Å². The smallest absolute Gasteiger partial charge is 0.236 e. The number of amides is 2. The summed E-state index contributed by atoms with van der Waals surface area (Å²) in [7, 11) is 0. The Morgan fingerprint density at radius 2 is 1.76 bits per heavy atom. The fourth-order valence-electron chi connectivity index (χ4n) is 5.04. The third-order valence-corrected chi connectivity index (χ3v) is 7.71. The van der Waals surface area contributed by atoms with Crippen LogP contribution >= 0.6 is 11.8 Å². The molecule has 4 atom stereocenters. The number of ether oxygens (including phenoxy) is 1. The molecule has 0 spiro atoms. The average Bonchev–Trinajstić information content (AvgIpc) is 3.26. The highest BCUT2D eigenvalue weighted by Gasteiger charge is 2.60. The Kier molecular flexibility index (Phi) is 2.50. The lowest BCUT2D eigenvalue weighted by Crippen LogP contribution is -2.39. The zero-order valence-electron chi connectivity index (χ0n) is 11.9. The monoisotopic (exact) mass is 305 g/mol. The van der Waals surface area contributed by atoms with E-state index in [-0.39, 0.29) is 46.5 Å². The Morgan fingerprint density at radius 3 is 2.29 bits per heavy atom. The highest BCUT2D eigenvalue weighted by atomic mass is 32.2. The third-order valence-electron chi connectivity index (χ3n) is 6.18. The normalized spacial score (nSPS) is 49.7. The molecule has 0 aromatic rings. The number of imide groups is 1. The molecule has 21 heavy (non-hydrogen) atoms. The molecule has 2 amide bonds. The quantitative estimate of drug-likeness (QED) is 0.590. The van der Waals surface area contributed by atoms with Crippen molar-refractivity contribution in [3.05, 3.63) is 12.2 Å². The van der Waals surface area contributed by atoms with Gasteiger partial charge in [-0.15, -0.1) is 11.8 Å². The van der Waals surface area contributed by atoms with Crippen molar-refractivity contribution in [1.82, 2.24) is 4.90 Å². The van der Waals surface area contributed by atoms with Crippen molar-refractivity contribution < 1.29 is 14.3 Å². The fraction of sp³-hybridized carbons (Fsp3) is 0.750. The molecule has 5 aliphatic rings. The fourth-order valence-corrected chi connectivity index (χ4v) is 6.67. The van der Waals surface area contributed by atoms with Gasteiger partial charge >= 0.3 is 0 Å². The van der Waals surface area contributed by atoms with Gasteiger partial charge in [-0.3, -0.25) is 14.5 Å². The summed E-state index contributed by atoms with van der Waals surface area (Å²) in [6, 6.07) is 0. The summed E-state index contributed by atoms with van der Waals surface area (Å²) < 4.78 is 6.12. The van der Waals surface area contributed by atoms with Crippen LogP contribution in [0.4, 0.5) is 0 Å². The number of carbonyl (C=O) groups excluding carboxylic acids is 2. The van der Waals surface area contributed by atoms with E-state index in [2.05, 4.69) is 12.2 Å². The van der Waals surface area contributed by atoms with Crippen molar-refractivity contribution in [2.24, 2.45) is 17.8 Å². The van der Waals surface area contributed by atoms with Gasteiger partial charge in [0.1, 0.15) is 6.73 Å². The summed E-state index contributed by atoms with van der Waals surface area (Å²) in [6.45, 7) is 0.182. The molecule has 112 valence electrons. The zero-order chi connectivity index (χ0) is 14.2. The summed E-state index contributed by atoms with van der Waals surface area (Å²) >= 11 is 1.77. The van der Waals surface area contributed by atoms with Crippen LogP contribution in [0.2, 0.25) is 0 Å². The summed E-state index contributed by atoms with van der Waals surface area (Å²) in [5, 5.41) is 0.420. The van der Waals surface area contributed by atoms with Crippen LogP contribution in [0.15, 0.2) is 12.2 Å². The summed E-state index contributed by atoms with van der Waals surface area (Å²) in [4.78, 5) is 26.6. The number of carbonyl (C=O) groups is 2. The standard InChI is InChI=1S/C16H19NO3S/c18-14-12-10-1-2-11(21-10)13(12)15(19)17(14)8-20-16-5-3-9(7-16)4-6-16/h1-2,9-13H,3-8H2. The average molecular weight is 305 g/mol. The number of thioether (sulfide) groups is 1. The second-order valence-electron chi connectivity index (χ2n) is 7.21. The maximum atomic E-state index is 12.6. The first-order chi connectivity index (χ1) is 10.2. The van der Waals surface area contributed by atoms with Crippen LogP contribution in [-0.2, 0) is 14.3 Å². The summed E-state index contributed by atoms with van der Waals surface area (Å²) in [5.41, 5.74) is -0.0328. The van der Waals surface area contributed by atoms with Gasteiger partial charge in [0.15, 0.2) is 0 Å². The van der Waals surface area contributed by atoms with Crippen molar-refractivity contribution in [1.29, 1.82) is 0 Å². The lowest BCUT2D eigenvalue weighted by atomic mass is 9.85. The Bertz CT molecular complexity index is 522. The predicted octanol–water partition coefficient (Wildman–Crippen LogP) is 1.95. The van der Waals surface area contributed by atoms with E-state index in [4.69, 9.17) is 4.74 Å². The minimum Gasteiger partial charge on any atom is -0.354 e. The second kappa shape index (κ2) is 4.13. The van der Waals surface area contributed by atoms with E-state index >= 15 is 0 Å². The Hall–Kier alpha value is -0.810. The van der Waals surface area contributed by atoms with Gasteiger partial charge in [0.05, 0.1) is 17.4 Å². The minimum atomic E-state index is -0.126. The lowest BCUT2D eigenvalue weighted by Gasteiger charge is -2.29. The van der Waals surface area contributed by atoms with E-state index in [9.17, 15) is 9.59 Å². The molecule has 3 heterocycles. The van der Waals surface area contributed by atoms with Crippen LogP contribution in [0.25, 0.3) is 0 Å². The molecular weight excluding hydrogens is 286 g/mol. The molecule has 2 saturated heterocycles. The zero-order valence-corrected chi connectivity index (χ0v) is 12.7. The SMILES string of the molecule is O=C1C2C3C=CC(S3)C2C(=O)N1COC12CCC(CC1)C2. The van der Waals surface area contributed by atoms with Crippen LogP contribution in [0, 0.1) is 17.8 Å². The lowest BCUT2D eigenvalue weighted by molar-refractivity contribution is -0.153. The highest BCUT2D eigenvalue weighted by molar-refractivity contribution is 8.01. The van der Waals surface area contributed by atoms with Gasteiger partial charge in [-0.05, 0) is 38.0 Å². The van der Waals surface area contributed by atoms with Crippen LogP contribution in [0.5, 0.6) is 0 Å². The van der Waals surface area contributed by atoms with Gasteiger partial charge in [0, 0.05) is 10.5 Å². The van der Waals surface area contributed by atoms with Crippen molar-refractivity contribution >= 4 is 23.6 Å². The number of nitrogens with zero attached hydrogens (tertiary/aromatic N) is 1. The Balaban J connectivity index is 1.32.